The molecule has 1 amide bonds. The molecule has 0 bridgehead atoms. The zero-order valence-electron chi connectivity index (χ0n) is 17.6. The Morgan fingerprint density at radius 1 is 1.00 bits per heavy atom. The highest BCUT2D eigenvalue weighted by atomic mass is 16.6. The highest BCUT2D eigenvalue weighted by Gasteiger charge is 2.46. The lowest BCUT2D eigenvalue weighted by molar-refractivity contribution is -0.00291. The third-order valence-corrected chi connectivity index (χ3v) is 6.25. The number of hydrogen-bond acceptors (Lipinski definition) is 6. The van der Waals surface area contributed by atoms with E-state index in [1.54, 1.807) is 0 Å². The van der Waals surface area contributed by atoms with E-state index in [0.29, 0.717) is 0 Å². The summed E-state index contributed by atoms with van der Waals surface area (Å²) in [5, 5.41) is 0. The first kappa shape index (κ1) is 20.8. The summed E-state index contributed by atoms with van der Waals surface area (Å²) in [4.78, 5) is 21.7. The predicted molar refractivity (Wildman–Crippen MR) is 108 cm³/mol. The van der Waals surface area contributed by atoms with E-state index < -0.39 is 0 Å². The molecule has 2 N–H and O–H groups in total. The molecule has 3 aliphatic rings. The number of nitrogens with zero attached hydrogens (tertiary/aromatic N) is 4. The van der Waals surface area contributed by atoms with Crippen LogP contribution in [0, 0.1) is 0 Å². The molecular formula is C20H39N5O2. The molecule has 3 aliphatic heterocycles. The molecule has 3 rings (SSSR count). The monoisotopic (exact) mass is 381 g/mol. The van der Waals surface area contributed by atoms with Crippen LogP contribution in [-0.4, -0.2) is 109 Å². The van der Waals surface area contributed by atoms with Gasteiger partial charge in [-0.2, -0.15) is 0 Å². The third kappa shape index (κ3) is 5.79. The van der Waals surface area contributed by atoms with E-state index in [9.17, 15) is 4.79 Å². The van der Waals surface area contributed by atoms with Gasteiger partial charge in [-0.1, -0.05) is 6.92 Å². The van der Waals surface area contributed by atoms with Gasteiger partial charge in [0.05, 0.1) is 6.54 Å². The maximum absolute atomic E-state index is 12.4. The van der Waals surface area contributed by atoms with Crippen molar-refractivity contribution in [1.29, 1.82) is 0 Å². The largest absolute Gasteiger partial charge is 0.441 e. The van der Waals surface area contributed by atoms with Crippen molar-refractivity contribution in [2.24, 2.45) is 5.73 Å². The van der Waals surface area contributed by atoms with Crippen molar-refractivity contribution in [2.75, 3.05) is 72.0 Å². The average molecular weight is 382 g/mol. The Labute approximate surface area is 164 Å². The Kier molecular flexibility index (Phi) is 6.66. The molecule has 0 aromatic heterocycles. The zero-order valence-corrected chi connectivity index (χ0v) is 17.6. The van der Waals surface area contributed by atoms with Crippen LogP contribution >= 0.6 is 0 Å². The summed E-state index contributed by atoms with van der Waals surface area (Å²) in [7, 11) is 0. The first-order valence-electron chi connectivity index (χ1n) is 10.7. The van der Waals surface area contributed by atoms with Gasteiger partial charge in [-0.15, -0.1) is 0 Å². The van der Waals surface area contributed by atoms with Gasteiger partial charge in [0.2, 0.25) is 0 Å². The van der Waals surface area contributed by atoms with Crippen LogP contribution in [0.3, 0.4) is 0 Å². The SMILES string of the molecule is CCN1CCN(CCCN2CC3(CCN(CC(C)(C)N)CC3)OC2=O)CC1. The van der Waals surface area contributed by atoms with Gasteiger partial charge in [-0.25, -0.2) is 4.79 Å². The van der Waals surface area contributed by atoms with E-state index in [4.69, 9.17) is 10.5 Å². The van der Waals surface area contributed by atoms with E-state index in [1.165, 1.54) is 13.1 Å². The summed E-state index contributed by atoms with van der Waals surface area (Å²) in [6.07, 6.45) is 2.76. The smallest absolute Gasteiger partial charge is 0.410 e. The van der Waals surface area contributed by atoms with Crippen LogP contribution in [0.4, 0.5) is 4.79 Å². The fourth-order valence-corrected chi connectivity index (χ4v) is 4.63. The van der Waals surface area contributed by atoms with Crippen LogP contribution in [-0.2, 0) is 4.74 Å². The van der Waals surface area contributed by atoms with Gasteiger partial charge in [0.15, 0.2) is 0 Å². The fourth-order valence-electron chi connectivity index (χ4n) is 4.63. The van der Waals surface area contributed by atoms with Gasteiger partial charge in [0.25, 0.3) is 0 Å². The van der Waals surface area contributed by atoms with Crippen LogP contribution in [0.1, 0.15) is 40.0 Å². The normalized spacial score (nSPS) is 25.3. The third-order valence-electron chi connectivity index (χ3n) is 6.25. The number of carbonyl (C=O) groups is 1. The second kappa shape index (κ2) is 8.64. The lowest BCUT2D eigenvalue weighted by atomic mass is 9.90. The number of ether oxygens (including phenoxy) is 1. The molecule has 0 unspecified atom stereocenters. The van der Waals surface area contributed by atoms with E-state index >= 15 is 0 Å². The number of likely N-dealkylation sites (tertiary alicyclic amines) is 1. The topological polar surface area (TPSA) is 65.3 Å². The van der Waals surface area contributed by atoms with E-state index in [-0.39, 0.29) is 17.2 Å². The number of carbonyl (C=O) groups excluding carboxylic acids is 1. The highest BCUT2D eigenvalue weighted by molar-refractivity contribution is 5.70. The zero-order chi connectivity index (χ0) is 19.5. The summed E-state index contributed by atoms with van der Waals surface area (Å²) in [6.45, 7) is 17.6. The van der Waals surface area contributed by atoms with Crippen LogP contribution < -0.4 is 5.73 Å². The molecule has 3 heterocycles. The van der Waals surface area contributed by atoms with Gasteiger partial charge in [0.1, 0.15) is 5.60 Å². The number of amides is 1. The van der Waals surface area contributed by atoms with Crippen molar-refractivity contribution < 1.29 is 9.53 Å². The minimum atomic E-state index is -0.265. The lowest BCUT2D eigenvalue weighted by Crippen LogP contribution is -2.52. The maximum Gasteiger partial charge on any atom is 0.410 e. The lowest BCUT2D eigenvalue weighted by Gasteiger charge is -2.39. The Hall–Kier alpha value is -0.890. The van der Waals surface area contributed by atoms with Crippen LogP contribution in [0.15, 0.2) is 0 Å². The van der Waals surface area contributed by atoms with Gasteiger partial charge in [-0.05, 0) is 33.4 Å². The standard InChI is InChI=1S/C20H39N5O2/c1-4-22-12-14-23(15-13-22)8-5-9-25-17-20(27-18(25)26)6-10-24(11-7-20)16-19(2,3)21/h4-17,21H2,1-3H3. The molecule has 7 nitrogen and oxygen atoms in total. The summed E-state index contributed by atoms with van der Waals surface area (Å²) in [5.41, 5.74) is 5.71. The second-order valence-electron chi connectivity index (χ2n) is 9.37. The van der Waals surface area contributed by atoms with Crippen molar-refractivity contribution in [1.82, 2.24) is 19.6 Å². The molecule has 156 valence electrons. The minimum Gasteiger partial charge on any atom is -0.441 e. The molecule has 3 fully saturated rings. The Morgan fingerprint density at radius 3 is 2.22 bits per heavy atom. The fraction of sp³-hybridized carbons (Fsp3) is 0.950. The average Bonchev–Trinajstić information content (AvgIpc) is 2.92. The van der Waals surface area contributed by atoms with Gasteiger partial charge in [-0.3, -0.25) is 0 Å². The van der Waals surface area contributed by atoms with Gasteiger partial charge in [0, 0.05) is 70.7 Å². The first-order chi connectivity index (χ1) is 12.8. The molecule has 0 aromatic rings. The molecule has 0 saturated carbocycles. The number of hydrogen-bond donors (Lipinski definition) is 1. The summed E-state index contributed by atoms with van der Waals surface area (Å²) >= 11 is 0. The van der Waals surface area contributed by atoms with E-state index in [1.807, 2.05) is 4.90 Å². The minimum absolute atomic E-state index is 0.113. The molecule has 27 heavy (non-hydrogen) atoms. The van der Waals surface area contributed by atoms with E-state index in [0.717, 1.165) is 78.2 Å². The van der Waals surface area contributed by atoms with E-state index in [2.05, 4.69) is 35.5 Å². The predicted octanol–water partition coefficient (Wildman–Crippen LogP) is 1.04. The summed E-state index contributed by atoms with van der Waals surface area (Å²) in [6, 6.07) is 0. The van der Waals surface area contributed by atoms with Crippen molar-refractivity contribution in [2.45, 2.75) is 51.2 Å². The molecule has 7 heteroatoms. The van der Waals surface area contributed by atoms with Crippen molar-refractivity contribution in [3.8, 4) is 0 Å². The van der Waals surface area contributed by atoms with Crippen molar-refractivity contribution in [3.63, 3.8) is 0 Å². The molecule has 0 atom stereocenters. The number of piperazine rings is 1. The second-order valence-corrected chi connectivity index (χ2v) is 9.37. The van der Waals surface area contributed by atoms with Crippen LogP contribution in [0.5, 0.6) is 0 Å². The Bertz CT molecular complexity index is 491. The molecule has 0 aromatic carbocycles. The van der Waals surface area contributed by atoms with Gasteiger partial charge >= 0.3 is 6.09 Å². The summed E-state index contributed by atoms with van der Waals surface area (Å²) in [5.74, 6) is 0. The molecular weight excluding hydrogens is 342 g/mol. The molecule has 3 saturated heterocycles. The molecule has 0 radical (unpaired) electrons. The number of likely N-dealkylation sites (N-methyl/N-ethyl adjacent to an activating group) is 1. The Morgan fingerprint density at radius 2 is 1.63 bits per heavy atom. The van der Waals surface area contributed by atoms with Crippen molar-refractivity contribution in [3.05, 3.63) is 0 Å². The number of nitrogens with two attached hydrogens (primary N) is 1. The Balaban J connectivity index is 1.38. The van der Waals surface area contributed by atoms with Gasteiger partial charge < -0.3 is 30.1 Å². The maximum atomic E-state index is 12.4. The quantitative estimate of drug-likeness (QED) is 0.711. The van der Waals surface area contributed by atoms with Crippen molar-refractivity contribution >= 4 is 6.09 Å². The highest BCUT2D eigenvalue weighted by Crippen LogP contribution is 2.33. The number of rotatable bonds is 7. The number of piperidine rings is 1. The van der Waals surface area contributed by atoms with Crippen LogP contribution in [0.2, 0.25) is 0 Å². The molecule has 0 aliphatic carbocycles. The van der Waals surface area contributed by atoms with Crippen LogP contribution in [0.25, 0.3) is 0 Å². The first-order valence-corrected chi connectivity index (χ1v) is 10.7. The summed E-state index contributed by atoms with van der Waals surface area (Å²) < 4.78 is 5.86. The molecule has 1 spiro atoms.